The molecule has 170 valence electrons. The zero-order valence-electron chi connectivity index (χ0n) is 18.2. The molecule has 0 spiro atoms. The summed E-state index contributed by atoms with van der Waals surface area (Å²) in [5, 5.41) is 3.41. The number of halogens is 1. The van der Waals surface area contributed by atoms with Gasteiger partial charge in [0.05, 0.1) is 12.8 Å². The lowest BCUT2D eigenvalue weighted by Gasteiger charge is -2.33. The van der Waals surface area contributed by atoms with E-state index in [1.54, 1.807) is 25.3 Å². The minimum Gasteiger partial charge on any atom is -0.495 e. The van der Waals surface area contributed by atoms with Crippen molar-refractivity contribution in [2.45, 2.75) is 51.4 Å². The van der Waals surface area contributed by atoms with E-state index in [1.165, 1.54) is 0 Å². The molecule has 2 aliphatic rings. The van der Waals surface area contributed by atoms with Crippen molar-refractivity contribution in [2.75, 3.05) is 38.6 Å². The van der Waals surface area contributed by atoms with Crippen LogP contribution in [0, 0.1) is 5.92 Å². The van der Waals surface area contributed by atoms with Gasteiger partial charge in [0.1, 0.15) is 5.75 Å². The summed E-state index contributed by atoms with van der Waals surface area (Å²) >= 11 is 6.02. The number of hydrogen-bond donors (Lipinski definition) is 1. The Morgan fingerprint density at radius 1 is 1.23 bits per heavy atom. The molecule has 31 heavy (non-hydrogen) atoms. The molecule has 0 saturated carbocycles. The van der Waals surface area contributed by atoms with Crippen LogP contribution in [-0.4, -0.2) is 60.8 Å². The third-order valence-corrected chi connectivity index (χ3v) is 6.31. The van der Waals surface area contributed by atoms with Crippen LogP contribution in [0.1, 0.15) is 51.4 Å². The predicted molar refractivity (Wildman–Crippen MR) is 120 cm³/mol. The van der Waals surface area contributed by atoms with Crippen LogP contribution < -0.4 is 10.1 Å². The summed E-state index contributed by atoms with van der Waals surface area (Å²) < 4.78 is 5.27. The molecule has 1 N–H and O–H groups in total. The number of nitrogens with one attached hydrogen (secondary N) is 1. The van der Waals surface area contributed by atoms with Gasteiger partial charge in [-0.2, -0.15) is 0 Å². The van der Waals surface area contributed by atoms with Crippen molar-refractivity contribution in [1.29, 1.82) is 0 Å². The number of amides is 3. The molecule has 3 rings (SSSR count). The number of carbonyl (C=O) groups is 3. The SMILES string of the molecule is COc1ccc(Cl)cc1NC(=O)CC[C@@H]1CCCN(C(=O)CCCN2CCCC2=O)C1. The van der Waals surface area contributed by atoms with E-state index >= 15 is 0 Å². The molecule has 2 fully saturated rings. The van der Waals surface area contributed by atoms with Gasteiger partial charge in [-0.25, -0.2) is 0 Å². The summed E-state index contributed by atoms with van der Waals surface area (Å²) in [6.45, 7) is 2.98. The summed E-state index contributed by atoms with van der Waals surface area (Å²) in [5.41, 5.74) is 0.567. The molecule has 0 aliphatic carbocycles. The Morgan fingerprint density at radius 3 is 2.81 bits per heavy atom. The summed E-state index contributed by atoms with van der Waals surface area (Å²) in [5.74, 6) is 1.18. The van der Waals surface area contributed by atoms with Crippen LogP contribution >= 0.6 is 11.6 Å². The molecule has 7 nitrogen and oxygen atoms in total. The monoisotopic (exact) mass is 449 g/mol. The molecule has 0 unspecified atom stereocenters. The Morgan fingerprint density at radius 2 is 2.06 bits per heavy atom. The van der Waals surface area contributed by atoms with E-state index in [0.29, 0.717) is 54.7 Å². The van der Waals surface area contributed by atoms with Crippen LogP contribution in [0.25, 0.3) is 0 Å². The number of ether oxygens (including phenoxy) is 1. The molecule has 0 aromatic heterocycles. The van der Waals surface area contributed by atoms with Gasteiger partial charge in [0.25, 0.3) is 0 Å². The smallest absolute Gasteiger partial charge is 0.224 e. The summed E-state index contributed by atoms with van der Waals surface area (Å²) in [7, 11) is 1.55. The fourth-order valence-electron chi connectivity index (χ4n) is 4.37. The number of piperidine rings is 1. The summed E-state index contributed by atoms with van der Waals surface area (Å²) in [6, 6.07) is 5.11. The number of nitrogens with zero attached hydrogens (tertiary/aromatic N) is 2. The van der Waals surface area contributed by atoms with Crippen molar-refractivity contribution in [1.82, 2.24) is 9.80 Å². The maximum Gasteiger partial charge on any atom is 0.224 e. The van der Waals surface area contributed by atoms with Gasteiger partial charge in [-0.1, -0.05) is 11.6 Å². The molecule has 1 aromatic carbocycles. The molecule has 2 saturated heterocycles. The highest BCUT2D eigenvalue weighted by molar-refractivity contribution is 6.31. The summed E-state index contributed by atoms with van der Waals surface area (Å²) in [6.07, 6.45) is 5.88. The molecular weight excluding hydrogens is 418 g/mol. The van der Waals surface area contributed by atoms with E-state index in [4.69, 9.17) is 16.3 Å². The normalized spacial score (nSPS) is 18.9. The number of benzene rings is 1. The maximum absolute atomic E-state index is 12.6. The highest BCUT2D eigenvalue weighted by Gasteiger charge is 2.25. The Hall–Kier alpha value is -2.28. The number of likely N-dealkylation sites (tertiary alicyclic amines) is 2. The Bertz CT molecular complexity index is 801. The molecule has 3 amide bonds. The first-order chi connectivity index (χ1) is 15.0. The number of rotatable bonds is 9. The van der Waals surface area contributed by atoms with Crippen molar-refractivity contribution in [3.63, 3.8) is 0 Å². The van der Waals surface area contributed by atoms with Gasteiger partial charge in [-0.15, -0.1) is 0 Å². The van der Waals surface area contributed by atoms with Crippen molar-refractivity contribution in [3.8, 4) is 5.75 Å². The molecule has 0 bridgehead atoms. The molecule has 1 aromatic rings. The van der Waals surface area contributed by atoms with Crippen molar-refractivity contribution < 1.29 is 19.1 Å². The topological polar surface area (TPSA) is 79.0 Å². The van der Waals surface area contributed by atoms with Crippen LogP contribution in [0.4, 0.5) is 5.69 Å². The maximum atomic E-state index is 12.6. The van der Waals surface area contributed by atoms with Gasteiger partial charge >= 0.3 is 0 Å². The summed E-state index contributed by atoms with van der Waals surface area (Å²) in [4.78, 5) is 40.5. The van der Waals surface area contributed by atoms with E-state index in [1.807, 2.05) is 9.80 Å². The zero-order valence-corrected chi connectivity index (χ0v) is 19.0. The molecule has 2 aliphatic heterocycles. The van der Waals surface area contributed by atoms with Gasteiger partial charge in [0.2, 0.25) is 17.7 Å². The van der Waals surface area contributed by atoms with E-state index in [9.17, 15) is 14.4 Å². The van der Waals surface area contributed by atoms with Gasteiger partial charge in [-0.3, -0.25) is 14.4 Å². The molecular formula is C23H32ClN3O4. The average Bonchev–Trinajstić information content (AvgIpc) is 3.17. The molecule has 1 atom stereocenters. The second kappa shape index (κ2) is 11.4. The van der Waals surface area contributed by atoms with Crippen LogP contribution in [0.5, 0.6) is 5.75 Å². The quantitative estimate of drug-likeness (QED) is 0.623. The van der Waals surface area contributed by atoms with Crippen molar-refractivity contribution in [2.24, 2.45) is 5.92 Å². The fraction of sp³-hybridized carbons (Fsp3) is 0.609. The Balaban J connectivity index is 1.40. The number of anilines is 1. The van der Waals surface area contributed by atoms with E-state index < -0.39 is 0 Å². The molecule has 8 heteroatoms. The zero-order chi connectivity index (χ0) is 22.2. The molecule has 2 heterocycles. The predicted octanol–water partition coefficient (Wildman–Crippen LogP) is 3.71. The minimum absolute atomic E-state index is 0.0840. The lowest BCUT2D eigenvalue weighted by molar-refractivity contribution is -0.134. The van der Waals surface area contributed by atoms with Gasteiger partial charge in [0, 0.05) is 50.5 Å². The van der Waals surface area contributed by atoms with Crippen LogP contribution in [0.2, 0.25) is 5.02 Å². The molecule has 0 radical (unpaired) electrons. The first-order valence-corrected chi connectivity index (χ1v) is 11.5. The first-order valence-electron chi connectivity index (χ1n) is 11.1. The van der Waals surface area contributed by atoms with Crippen LogP contribution in [-0.2, 0) is 14.4 Å². The minimum atomic E-state index is -0.0840. The Labute approximate surface area is 189 Å². The van der Waals surface area contributed by atoms with E-state index in [-0.39, 0.29) is 17.7 Å². The third-order valence-electron chi connectivity index (χ3n) is 6.08. The van der Waals surface area contributed by atoms with E-state index in [2.05, 4.69) is 5.32 Å². The lowest BCUT2D eigenvalue weighted by atomic mass is 9.93. The second-order valence-corrected chi connectivity index (χ2v) is 8.80. The Kier molecular flexibility index (Phi) is 8.58. The average molecular weight is 450 g/mol. The largest absolute Gasteiger partial charge is 0.495 e. The van der Waals surface area contributed by atoms with Crippen molar-refractivity contribution in [3.05, 3.63) is 23.2 Å². The van der Waals surface area contributed by atoms with Crippen LogP contribution in [0.15, 0.2) is 18.2 Å². The second-order valence-electron chi connectivity index (χ2n) is 8.37. The van der Waals surface area contributed by atoms with Crippen LogP contribution in [0.3, 0.4) is 0 Å². The van der Waals surface area contributed by atoms with Gasteiger partial charge in [-0.05, 0) is 56.2 Å². The van der Waals surface area contributed by atoms with E-state index in [0.717, 1.165) is 45.2 Å². The number of methoxy groups -OCH3 is 1. The van der Waals surface area contributed by atoms with Gasteiger partial charge < -0.3 is 19.9 Å². The lowest BCUT2D eigenvalue weighted by Crippen LogP contribution is -2.40. The van der Waals surface area contributed by atoms with Gasteiger partial charge in [0.15, 0.2) is 0 Å². The first kappa shape index (κ1) is 23.4. The third kappa shape index (κ3) is 6.86. The number of carbonyl (C=O) groups excluding carboxylic acids is 3. The highest BCUT2D eigenvalue weighted by atomic mass is 35.5. The fourth-order valence-corrected chi connectivity index (χ4v) is 4.54. The standard InChI is InChI=1S/C23H32ClN3O4/c1-31-20-10-9-18(24)15-19(20)25-21(28)11-8-17-5-2-14-27(16-17)23(30)7-4-13-26-12-3-6-22(26)29/h9-10,15,17H,2-8,11-14,16H2,1H3,(H,25,28)/t17-/m0/s1. The highest BCUT2D eigenvalue weighted by Crippen LogP contribution is 2.28. The van der Waals surface area contributed by atoms with Crippen molar-refractivity contribution >= 4 is 35.0 Å². The number of hydrogen-bond acceptors (Lipinski definition) is 4.